The first-order valence-electron chi connectivity index (χ1n) is 7.90. The molecule has 0 atom stereocenters. The van der Waals surface area contributed by atoms with Gasteiger partial charge in [0, 0.05) is 18.1 Å². The summed E-state index contributed by atoms with van der Waals surface area (Å²) in [4.78, 5) is 20.5. The van der Waals surface area contributed by atoms with Crippen LogP contribution in [0.25, 0.3) is 21.8 Å². The molecule has 0 radical (unpaired) electrons. The van der Waals surface area contributed by atoms with Gasteiger partial charge in [-0.3, -0.25) is 14.8 Å². The predicted octanol–water partition coefficient (Wildman–Crippen LogP) is 3.80. The van der Waals surface area contributed by atoms with E-state index in [-0.39, 0.29) is 12.5 Å². The van der Waals surface area contributed by atoms with E-state index in [4.69, 9.17) is 4.74 Å². The average Bonchev–Trinajstić information content (AvgIpc) is 2.66. The lowest BCUT2D eigenvalue weighted by Gasteiger charge is -2.09. The molecule has 3 aromatic carbocycles. The third-order valence-electron chi connectivity index (χ3n) is 3.84. The van der Waals surface area contributed by atoms with E-state index in [1.165, 1.54) is 0 Å². The number of nitrogens with one attached hydrogen (secondary N) is 1. The fraction of sp³-hybridized carbons (Fsp3) is 0.0500. The van der Waals surface area contributed by atoms with Gasteiger partial charge in [0.2, 0.25) is 0 Å². The Labute approximate surface area is 144 Å². The van der Waals surface area contributed by atoms with Crippen LogP contribution in [0, 0.1) is 0 Å². The fourth-order valence-electron chi connectivity index (χ4n) is 2.64. The molecule has 0 aliphatic carbocycles. The molecule has 0 fully saturated rings. The Morgan fingerprint density at radius 3 is 2.56 bits per heavy atom. The molecule has 4 aromatic rings. The molecule has 122 valence electrons. The first-order chi connectivity index (χ1) is 12.3. The molecule has 0 aliphatic rings. The zero-order valence-electron chi connectivity index (χ0n) is 13.3. The highest BCUT2D eigenvalue weighted by Gasteiger charge is 2.06. The molecule has 0 bridgehead atoms. The van der Waals surface area contributed by atoms with Crippen molar-refractivity contribution < 1.29 is 9.53 Å². The third kappa shape index (κ3) is 3.40. The zero-order chi connectivity index (χ0) is 17.1. The summed E-state index contributed by atoms with van der Waals surface area (Å²) in [5.41, 5.74) is 2.18. The second kappa shape index (κ2) is 6.57. The number of carbonyl (C=O) groups is 1. The number of aromatic nitrogens is 2. The summed E-state index contributed by atoms with van der Waals surface area (Å²) in [6, 6.07) is 19.2. The standard InChI is InChI=1S/C20H15N3O2/c24-20(23-16-6-8-18-19(12-16)22-10-9-21-18)13-25-17-7-5-14-3-1-2-4-15(14)11-17/h1-12H,13H2,(H,23,24). The Bertz CT molecular complexity index is 1060. The second-order valence-corrected chi connectivity index (χ2v) is 5.61. The number of ether oxygens (including phenoxy) is 1. The maximum atomic E-state index is 12.1. The Morgan fingerprint density at radius 1 is 0.880 bits per heavy atom. The smallest absolute Gasteiger partial charge is 0.262 e. The summed E-state index contributed by atoms with van der Waals surface area (Å²) in [5.74, 6) is 0.439. The van der Waals surface area contributed by atoms with Crippen molar-refractivity contribution in [3.8, 4) is 5.75 Å². The van der Waals surface area contributed by atoms with Gasteiger partial charge in [-0.2, -0.15) is 0 Å². The van der Waals surface area contributed by atoms with E-state index in [1.807, 2.05) is 48.5 Å². The molecule has 0 aliphatic heterocycles. The van der Waals surface area contributed by atoms with Gasteiger partial charge in [-0.05, 0) is 41.1 Å². The highest BCUT2D eigenvalue weighted by atomic mass is 16.5. The van der Waals surface area contributed by atoms with Gasteiger partial charge in [-0.1, -0.05) is 30.3 Å². The summed E-state index contributed by atoms with van der Waals surface area (Å²) in [7, 11) is 0. The van der Waals surface area contributed by atoms with Gasteiger partial charge in [-0.15, -0.1) is 0 Å². The van der Waals surface area contributed by atoms with E-state index in [2.05, 4.69) is 15.3 Å². The van der Waals surface area contributed by atoms with Crippen molar-refractivity contribution in [3.63, 3.8) is 0 Å². The predicted molar refractivity (Wildman–Crippen MR) is 97.6 cm³/mol. The van der Waals surface area contributed by atoms with Crippen LogP contribution in [0.3, 0.4) is 0 Å². The summed E-state index contributed by atoms with van der Waals surface area (Å²) in [6.45, 7) is -0.0587. The van der Waals surface area contributed by atoms with Gasteiger partial charge in [-0.25, -0.2) is 0 Å². The topological polar surface area (TPSA) is 64.1 Å². The molecule has 0 saturated heterocycles. The van der Waals surface area contributed by atoms with E-state index in [1.54, 1.807) is 24.5 Å². The molecule has 1 amide bonds. The molecule has 5 nitrogen and oxygen atoms in total. The Morgan fingerprint density at radius 2 is 1.68 bits per heavy atom. The molecule has 1 aromatic heterocycles. The molecule has 0 saturated carbocycles. The summed E-state index contributed by atoms with van der Waals surface area (Å²) >= 11 is 0. The number of amides is 1. The number of nitrogens with zero attached hydrogens (tertiary/aromatic N) is 2. The van der Waals surface area contributed by atoms with Crippen LogP contribution in [0.15, 0.2) is 73.1 Å². The van der Waals surface area contributed by atoms with Crippen molar-refractivity contribution in [2.24, 2.45) is 0 Å². The van der Waals surface area contributed by atoms with Crippen molar-refractivity contribution in [2.75, 3.05) is 11.9 Å². The van der Waals surface area contributed by atoms with Crippen LogP contribution >= 0.6 is 0 Å². The highest BCUT2D eigenvalue weighted by molar-refractivity contribution is 5.94. The minimum atomic E-state index is -0.226. The number of anilines is 1. The lowest BCUT2D eigenvalue weighted by Crippen LogP contribution is -2.20. The number of rotatable bonds is 4. The maximum Gasteiger partial charge on any atom is 0.262 e. The first-order valence-corrected chi connectivity index (χ1v) is 7.90. The zero-order valence-corrected chi connectivity index (χ0v) is 13.3. The van der Waals surface area contributed by atoms with E-state index in [0.717, 1.165) is 21.8 Å². The van der Waals surface area contributed by atoms with Crippen LogP contribution in [0.4, 0.5) is 5.69 Å². The lowest BCUT2D eigenvalue weighted by molar-refractivity contribution is -0.118. The summed E-state index contributed by atoms with van der Waals surface area (Å²) in [6.07, 6.45) is 3.26. The van der Waals surface area contributed by atoms with Gasteiger partial charge in [0.05, 0.1) is 11.0 Å². The van der Waals surface area contributed by atoms with Crippen LogP contribution in [-0.2, 0) is 4.79 Å². The van der Waals surface area contributed by atoms with E-state index < -0.39 is 0 Å². The molecular formula is C20H15N3O2. The number of benzene rings is 3. The largest absolute Gasteiger partial charge is 0.484 e. The first kappa shape index (κ1) is 15.1. The van der Waals surface area contributed by atoms with Crippen LogP contribution < -0.4 is 10.1 Å². The Balaban J connectivity index is 1.42. The molecular weight excluding hydrogens is 314 g/mol. The van der Waals surface area contributed by atoms with Gasteiger partial charge in [0.25, 0.3) is 5.91 Å². The molecule has 4 rings (SSSR count). The summed E-state index contributed by atoms with van der Waals surface area (Å²) in [5, 5.41) is 5.02. The van der Waals surface area contributed by atoms with Crippen molar-refractivity contribution in [2.45, 2.75) is 0 Å². The second-order valence-electron chi connectivity index (χ2n) is 5.61. The number of fused-ring (bicyclic) bond motifs is 2. The van der Waals surface area contributed by atoms with E-state index in [0.29, 0.717) is 11.4 Å². The molecule has 0 spiro atoms. The van der Waals surface area contributed by atoms with Gasteiger partial charge < -0.3 is 10.1 Å². The number of carbonyl (C=O) groups excluding carboxylic acids is 1. The molecule has 25 heavy (non-hydrogen) atoms. The minimum absolute atomic E-state index is 0.0587. The maximum absolute atomic E-state index is 12.1. The SMILES string of the molecule is O=C(COc1ccc2ccccc2c1)Nc1ccc2nccnc2c1. The van der Waals surface area contributed by atoms with E-state index >= 15 is 0 Å². The van der Waals surface area contributed by atoms with Crippen LogP contribution in [0.5, 0.6) is 5.75 Å². The molecule has 0 unspecified atom stereocenters. The summed E-state index contributed by atoms with van der Waals surface area (Å²) < 4.78 is 5.60. The molecule has 1 N–H and O–H groups in total. The van der Waals surface area contributed by atoms with Crippen LogP contribution in [0.2, 0.25) is 0 Å². The van der Waals surface area contributed by atoms with Crippen LogP contribution in [0.1, 0.15) is 0 Å². The Kier molecular flexibility index (Phi) is 3.96. The van der Waals surface area contributed by atoms with Crippen molar-refractivity contribution in [1.82, 2.24) is 9.97 Å². The monoisotopic (exact) mass is 329 g/mol. The molecule has 5 heteroatoms. The van der Waals surface area contributed by atoms with Gasteiger partial charge in [0.15, 0.2) is 6.61 Å². The van der Waals surface area contributed by atoms with Crippen molar-refractivity contribution in [3.05, 3.63) is 73.1 Å². The van der Waals surface area contributed by atoms with Crippen LogP contribution in [-0.4, -0.2) is 22.5 Å². The lowest BCUT2D eigenvalue weighted by atomic mass is 10.1. The molecule has 1 heterocycles. The fourth-order valence-corrected chi connectivity index (χ4v) is 2.64. The highest BCUT2D eigenvalue weighted by Crippen LogP contribution is 2.20. The van der Waals surface area contributed by atoms with Gasteiger partial charge >= 0.3 is 0 Å². The third-order valence-corrected chi connectivity index (χ3v) is 3.84. The number of hydrogen-bond acceptors (Lipinski definition) is 4. The van der Waals surface area contributed by atoms with Crippen molar-refractivity contribution >= 4 is 33.4 Å². The quantitative estimate of drug-likeness (QED) is 0.618. The minimum Gasteiger partial charge on any atom is -0.484 e. The van der Waals surface area contributed by atoms with E-state index in [9.17, 15) is 4.79 Å². The average molecular weight is 329 g/mol. The van der Waals surface area contributed by atoms with Crippen molar-refractivity contribution in [1.29, 1.82) is 0 Å². The Hall–Kier alpha value is -3.47. The normalized spacial score (nSPS) is 10.7. The number of hydrogen-bond donors (Lipinski definition) is 1. The van der Waals surface area contributed by atoms with Gasteiger partial charge in [0.1, 0.15) is 5.75 Å².